The smallest absolute Gasteiger partial charge is 0.262 e. The fourth-order valence-electron chi connectivity index (χ4n) is 2.46. The van der Waals surface area contributed by atoms with Crippen molar-refractivity contribution < 1.29 is 14.3 Å². The van der Waals surface area contributed by atoms with Gasteiger partial charge in [0.15, 0.2) is 18.1 Å². The number of anilines is 1. The third-order valence-corrected chi connectivity index (χ3v) is 4.87. The molecule has 3 aromatic rings. The minimum Gasteiger partial charge on any atom is -0.493 e. The van der Waals surface area contributed by atoms with E-state index in [9.17, 15) is 4.79 Å². The van der Waals surface area contributed by atoms with Gasteiger partial charge in [-0.3, -0.25) is 4.79 Å². The Kier molecular flexibility index (Phi) is 6.55. The van der Waals surface area contributed by atoms with Gasteiger partial charge in [-0.15, -0.1) is 0 Å². The number of hydrogen-bond donors (Lipinski definition) is 1. The predicted molar refractivity (Wildman–Crippen MR) is 109 cm³/mol. The van der Waals surface area contributed by atoms with Crippen molar-refractivity contribution in [2.24, 2.45) is 0 Å². The Bertz CT molecular complexity index is 1000. The number of rotatable bonds is 7. The zero-order valence-corrected chi connectivity index (χ0v) is 16.0. The number of carbonyl (C=O) groups is 1. The molecule has 0 heterocycles. The summed E-state index contributed by atoms with van der Waals surface area (Å²) in [5.74, 6) is 0.531. The maximum absolute atomic E-state index is 12.4. The van der Waals surface area contributed by atoms with Crippen molar-refractivity contribution in [3.8, 4) is 17.6 Å². The summed E-state index contributed by atoms with van der Waals surface area (Å²) in [6, 6.07) is 24.4. The molecule has 0 saturated carbocycles. The van der Waals surface area contributed by atoms with Crippen LogP contribution in [0.2, 0.25) is 0 Å². The molecule has 5 nitrogen and oxygen atoms in total. The molecule has 140 valence electrons. The first-order valence-corrected chi connectivity index (χ1v) is 9.34. The molecule has 0 atom stereocenters. The average molecular weight is 390 g/mol. The van der Waals surface area contributed by atoms with Crippen LogP contribution in [-0.2, 0) is 4.79 Å². The van der Waals surface area contributed by atoms with Gasteiger partial charge in [-0.2, -0.15) is 5.26 Å². The van der Waals surface area contributed by atoms with Gasteiger partial charge in [0.05, 0.1) is 24.4 Å². The van der Waals surface area contributed by atoms with Crippen molar-refractivity contribution in [2.45, 2.75) is 9.79 Å². The summed E-state index contributed by atoms with van der Waals surface area (Å²) in [4.78, 5) is 14.4. The van der Waals surface area contributed by atoms with Crippen LogP contribution in [0.15, 0.2) is 82.6 Å². The lowest BCUT2D eigenvalue weighted by atomic mass is 10.2. The Hall–Kier alpha value is -3.43. The monoisotopic (exact) mass is 390 g/mol. The summed E-state index contributed by atoms with van der Waals surface area (Å²) in [5, 5.41) is 11.8. The zero-order chi connectivity index (χ0) is 19.8. The third-order valence-electron chi connectivity index (χ3n) is 3.78. The fourth-order valence-corrected chi connectivity index (χ4v) is 3.38. The Labute approximate surface area is 167 Å². The van der Waals surface area contributed by atoms with Crippen LogP contribution in [0.4, 0.5) is 5.69 Å². The number of amides is 1. The average Bonchev–Trinajstić information content (AvgIpc) is 2.74. The summed E-state index contributed by atoms with van der Waals surface area (Å²) >= 11 is 1.57. The molecular formula is C22H18N2O3S. The number of methoxy groups -OCH3 is 1. The Morgan fingerprint density at radius 1 is 1.04 bits per heavy atom. The molecule has 0 fully saturated rings. The van der Waals surface area contributed by atoms with Crippen molar-refractivity contribution >= 4 is 23.4 Å². The van der Waals surface area contributed by atoms with E-state index in [1.54, 1.807) is 30.0 Å². The highest BCUT2D eigenvalue weighted by Gasteiger charge is 2.11. The Morgan fingerprint density at radius 3 is 2.54 bits per heavy atom. The maximum Gasteiger partial charge on any atom is 0.262 e. The summed E-state index contributed by atoms with van der Waals surface area (Å²) in [6.07, 6.45) is 0. The molecule has 0 aliphatic carbocycles. The van der Waals surface area contributed by atoms with E-state index in [1.807, 2.05) is 60.7 Å². The van der Waals surface area contributed by atoms with Gasteiger partial charge in [0, 0.05) is 15.9 Å². The first kappa shape index (κ1) is 19.3. The van der Waals surface area contributed by atoms with E-state index in [2.05, 4.69) is 5.32 Å². The number of carbonyl (C=O) groups excluding carboxylic acids is 1. The van der Waals surface area contributed by atoms with Gasteiger partial charge >= 0.3 is 0 Å². The minimum atomic E-state index is -0.285. The van der Waals surface area contributed by atoms with E-state index in [-0.39, 0.29) is 12.5 Å². The number of benzene rings is 3. The van der Waals surface area contributed by atoms with Gasteiger partial charge in [0.1, 0.15) is 0 Å². The van der Waals surface area contributed by atoms with Gasteiger partial charge in [-0.1, -0.05) is 42.1 Å². The molecule has 0 bridgehead atoms. The normalized spacial score (nSPS) is 10.0. The fraction of sp³-hybridized carbons (Fsp3) is 0.0909. The van der Waals surface area contributed by atoms with E-state index < -0.39 is 0 Å². The number of nitriles is 1. The van der Waals surface area contributed by atoms with E-state index in [0.717, 1.165) is 15.5 Å². The minimum absolute atomic E-state index is 0.174. The molecule has 0 aliphatic heterocycles. The molecule has 0 radical (unpaired) electrons. The molecule has 0 spiro atoms. The van der Waals surface area contributed by atoms with Gasteiger partial charge in [0.25, 0.3) is 5.91 Å². The second kappa shape index (κ2) is 9.49. The van der Waals surface area contributed by atoms with Gasteiger partial charge in [-0.05, 0) is 36.4 Å². The van der Waals surface area contributed by atoms with Crippen LogP contribution >= 0.6 is 11.8 Å². The first-order valence-electron chi connectivity index (χ1n) is 8.52. The highest BCUT2D eigenvalue weighted by atomic mass is 32.2. The van der Waals surface area contributed by atoms with Crippen molar-refractivity contribution in [2.75, 3.05) is 19.0 Å². The number of para-hydroxylation sites is 1. The molecule has 3 aromatic carbocycles. The van der Waals surface area contributed by atoms with Gasteiger partial charge < -0.3 is 14.8 Å². The van der Waals surface area contributed by atoms with Crippen LogP contribution in [0.3, 0.4) is 0 Å². The highest BCUT2D eigenvalue weighted by molar-refractivity contribution is 7.99. The largest absolute Gasteiger partial charge is 0.493 e. The van der Waals surface area contributed by atoms with Crippen molar-refractivity contribution in [1.29, 1.82) is 5.26 Å². The summed E-state index contributed by atoms with van der Waals surface area (Å²) in [5.41, 5.74) is 1.18. The molecule has 6 heteroatoms. The lowest BCUT2D eigenvalue weighted by molar-refractivity contribution is -0.118. The molecule has 0 aliphatic rings. The zero-order valence-electron chi connectivity index (χ0n) is 15.2. The van der Waals surface area contributed by atoms with E-state index in [4.69, 9.17) is 14.7 Å². The third kappa shape index (κ3) is 5.06. The first-order chi connectivity index (χ1) is 13.7. The Balaban J connectivity index is 1.65. The van der Waals surface area contributed by atoms with Crippen LogP contribution < -0.4 is 14.8 Å². The highest BCUT2D eigenvalue weighted by Crippen LogP contribution is 2.33. The van der Waals surface area contributed by atoms with Crippen LogP contribution in [-0.4, -0.2) is 19.6 Å². The second-order valence-corrected chi connectivity index (χ2v) is 6.84. The van der Waals surface area contributed by atoms with Gasteiger partial charge in [0.2, 0.25) is 0 Å². The van der Waals surface area contributed by atoms with Crippen LogP contribution in [0.1, 0.15) is 5.56 Å². The standard InChI is InChI=1S/C22H18N2O3S/c1-26-20-13-16(14-23)11-12-19(20)27-15-22(25)24-18-9-5-6-10-21(18)28-17-7-3-2-4-8-17/h2-13H,15H2,1H3,(H,24,25). The summed E-state index contributed by atoms with van der Waals surface area (Å²) < 4.78 is 10.8. The number of nitrogens with one attached hydrogen (secondary N) is 1. The summed E-state index contributed by atoms with van der Waals surface area (Å²) in [7, 11) is 1.49. The number of nitrogens with zero attached hydrogens (tertiary/aromatic N) is 1. The van der Waals surface area contributed by atoms with Crippen molar-refractivity contribution in [3.05, 3.63) is 78.4 Å². The van der Waals surface area contributed by atoms with Crippen LogP contribution in [0.25, 0.3) is 0 Å². The lowest BCUT2D eigenvalue weighted by Gasteiger charge is -2.13. The maximum atomic E-state index is 12.4. The molecule has 0 unspecified atom stereocenters. The molecule has 28 heavy (non-hydrogen) atoms. The van der Waals surface area contributed by atoms with E-state index in [1.165, 1.54) is 7.11 Å². The molecule has 0 aromatic heterocycles. The van der Waals surface area contributed by atoms with Crippen molar-refractivity contribution in [1.82, 2.24) is 0 Å². The molecule has 1 amide bonds. The predicted octanol–water partition coefficient (Wildman–Crippen LogP) is 4.74. The van der Waals surface area contributed by atoms with Crippen molar-refractivity contribution in [3.63, 3.8) is 0 Å². The van der Waals surface area contributed by atoms with Gasteiger partial charge in [-0.25, -0.2) is 0 Å². The number of hydrogen-bond acceptors (Lipinski definition) is 5. The van der Waals surface area contributed by atoms with E-state index >= 15 is 0 Å². The Morgan fingerprint density at radius 2 is 1.79 bits per heavy atom. The topological polar surface area (TPSA) is 71.3 Å². The SMILES string of the molecule is COc1cc(C#N)ccc1OCC(=O)Nc1ccccc1Sc1ccccc1. The quantitative estimate of drug-likeness (QED) is 0.631. The summed E-state index contributed by atoms with van der Waals surface area (Å²) in [6.45, 7) is -0.174. The van der Waals surface area contributed by atoms with Crippen LogP contribution in [0, 0.1) is 11.3 Å². The van der Waals surface area contributed by atoms with Crippen LogP contribution in [0.5, 0.6) is 11.5 Å². The second-order valence-electron chi connectivity index (χ2n) is 5.73. The lowest BCUT2D eigenvalue weighted by Crippen LogP contribution is -2.20. The number of ether oxygens (including phenoxy) is 2. The molecule has 3 rings (SSSR count). The molecule has 0 saturated heterocycles. The van der Waals surface area contributed by atoms with E-state index in [0.29, 0.717) is 17.1 Å². The molecular weight excluding hydrogens is 372 g/mol. The molecule has 1 N–H and O–H groups in total.